The number of nitrogens with one attached hydrogen (secondary N) is 1. The number of rotatable bonds is 6. The van der Waals surface area contributed by atoms with Gasteiger partial charge in [0.15, 0.2) is 0 Å². The molecule has 1 saturated carbocycles. The molecule has 5 heteroatoms. The zero-order valence-corrected chi connectivity index (χ0v) is 12.1. The fraction of sp³-hybridized carbons (Fsp3) is 0.375. The number of nitrogens with zero attached hydrogens (tertiary/aromatic N) is 2. The van der Waals surface area contributed by atoms with Crippen molar-refractivity contribution < 1.29 is 9.53 Å². The number of hydrogen-bond acceptors (Lipinski definition) is 3. The molecule has 2 aromatic rings. The van der Waals surface area contributed by atoms with Crippen molar-refractivity contribution in [3.8, 4) is 5.75 Å². The van der Waals surface area contributed by atoms with E-state index in [2.05, 4.69) is 10.4 Å². The Morgan fingerprint density at radius 1 is 1.48 bits per heavy atom. The van der Waals surface area contributed by atoms with Gasteiger partial charge in [-0.05, 0) is 43.9 Å². The van der Waals surface area contributed by atoms with Crippen LogP contribution in [-0.2, 0) is 6.54 Å². The summed E-state index contributed by atoms with van der Waals surface area (Å²) in [7, 11) is 0. The smallest absolute Gasteiger partial charge is 0.255 e. The molecule has 1 amide bonds. The molecule has 0 radical (unpaired) electrons. The fourth-order valence-electron chi connectivity index (χ4n) is 2.19. The third-order valence-electron chi connectivity index (χ3n) is 3.44. The maximum atomic E-state index is 12.2. The molecule has 1 N–H and O–H groups in total. The molecule has 5 nitrogen and oxygen atoms in total. The number of carbonyl (C=O) groups is 1. The molecule has 1 heterocycles. The Bertz CT molecular complexity index is 632. The van der Waals surface area contributed by atoms with Crippen molar-refractivity contribution in [3.05, 3.63) is 42.2 Å². The average Bonchev–Trinajstić information content (AvgIpc) is 3.18. The standard InChI is InChI=1S/C16H19N3O2/c1-2-21-15-5-3-4-13(8-15)16(20)18-14-9-17-19(11-14)10-12-6-7-12/h3-5,8-9,11-12H,2,6-7,10H2,1H3,(H,18,20). The lowest BCUT2D eigenvalue weighted by Gasteiger charge is -2.06. The summed E-state index contributed by atoms with van der Waals surface area (Å²) in [6.07, 6.45) is 6.13. The molecular weight excluding hydrogens is 266 g/mol. The zero-order valence-electron chi connectivity index (χ0n) is 12.1. The first-order valence-corrected chi connectivity index (χ1v) is 7.31. The summed E-state index contributed by atoms with van der Waals surface area (Å²) in [5, 5.41) is 7.13. The van der Waals surface area contributed by atoms with Gasteiger partial charge in [-0.3, -0.25) is 9.48 Å². The summed E-state index contributed by atoms with van der Waals surface area (Å²) >= 11 is 0. The highest BCUT2D eigenvalue weighted by molar-refractivity contribution is 6.04. The number of hydrogen-bond donors (Lipinski definition) is 1. The molecule has 0 bridgehead atoms. The van der Waals surface area contributed by atoms with Crippen molar-refractivity contribution in [1.82, 2.24) is 9.78 Å². The number of anilines is 1. The van der Waals surface area contributed by atoms with Gasteiger partial charge in [-0.2, -0.15) is 5.10 Å². The van der Waals surface area contributed by atoms with Crippen molar-refractivity contribution in [2.24, 2.45) is 5.92 Å². The van der Waals surface area contributed by atoms with Gasteiger partial charge in [0, 0.05) is 18.3 Å². The first kappa shape index (κ1) is 13.7. The van der Waals surface area contributed by atoms with E-state index in [-0.39, 0.29) is 5.91 Å². The quantitative estimate of drug-likeness (QED) is 0.887. The van der Waals surface area contributed by atoms with Crippen LogP contribution in [0.4, 0.5) is 5.69 Å². The van der Waals surface area contributed by atoms with Gasteiger partial charge in [0.05, 0.1) is 18.5 Å². The SMILES string of the molecule is CCOc1cccc(C(=O)Nc2cnn(CC3CC3)c2)c1. The van der Waals surface area contributed by atoms with E-state index in [0.29, 0.717) is 17.9 Å². The number of benzene rings is 1. The van der Waals surface area contributed by atoms with E-state index in [1.54, 1.807) is 18.3 Å². The van der Waals surface area contributed by atoms with E-state index in [0.717, 1.165) is 18.2 Å². The fourth-order valence-corrected chi connectivity index (χ4v) is 2.19. The van der Waals surface area contributed by atoms with Gasteiger partial charge in [0.1, 0.15) is 5.75 Å². The van der Waals surface area contributed by atoms with Gasteiger partial charge in [0.2, 0.25) is 0 Å². The molecule has 1 aliphatic carbocycles. The number of ether oxygens (including phenoxy) is 1. The highest BCUT2D eigenvalue weighted by Gasteiger charge is 2.22. The molecule has 3 rings (SSSR count). The molecule has 0 saturated heterocycles. The van der Waals surface area contributed by atoms with E-state index in [4.69, 9.17) is 4.74 Å². The van der Waals surface area contributed by atoms with E-state index in [1.807, 2.05) is 29.9 Å². The predicted molar refractivity (Wildman–Crippen MR) is 80.5 cm³/mol. The Hall–Kier alpha value is -2.30. The minimum Gasteiger partial charge on any atom is -0.494 e. The summed E-state index contributed by atoms with van der Waals surface area (Å²) in [6, 6.07) is 7.17. The Morgan fingerprint density at radius 2 is 2.33 bits per heavy atom. The predicted octanol–water partition coefficient (Wildman–Crippen LogP) is 2.94. The van der Waals surface area contributed by atoms with E-state index >= 15 is 0 Å². The lowest BCUT2D eigenvalue weighted by molar-refractivity contribution is 0.102. The summed E-state index contributed by atoms with van der Waals surface area (Å²) < 4.78 is 7.30. The van der Waals surface area contributed by atoms with Gasteiger partial charge >= 0.3 is 0 Å². The molecular formula is C16H19N3O2. The highest BCUT2D eigenvalue weighted by atomic mass is 16.5. The minimum absolute atomic E-state index is 0.150. The Morgan fingerprint density at radius 3 is 3.10 bits per heavy atom. The lowest BCUT2D eigenvalue weighted by atomic mass is 10.2. The summed E-state index contributed by atoms with van der Waals surface area (Å²) in [4.78, 5) is 12.2. The van der Waals surface area contributed by atoms with Crippen LogP contribution in [0.3, 0.4) is 0 Å². The van der Waals surface area contributed by atoms with Crippen molar-refractivity contribution >= 4 is 11.6 Å². The second-order valence-corrected chi connectivity index (χ2v) is 5.31. The number of carbonyl (C=O) groups excluding carboxylic acids is 1. The second kappa shape index (κ2) is 5.99. The van der Waals surface area contributed by atoms with Crippen molar-refractivity contribution in [3.63, 3.8) is 0 Å². The molecule has 0 unspecified atom stereocenters. The van der Waals surface area contributed by atoms with Gasteiger partial charge < -0.3 is 10.1 Å². The number of aromatic nitrogens is 2. The first-order chi connectivity index (χ1) is 10.2. The molecule has 0 spiro atoms. The van der Waals surface area contributed by atoms with Crippen LogP contribution >= 0.6 is 0 Å². The molecule has 0 aliphatic heterocycles. The third kappa shape index (κ3) is 3.62. The highest BCUT2D eigenvalue weighted by Crippen LogP contribution is 2.30. The molecule has 1 fully saturated rings. The average molecular weight is 285 g/mol. The normalized spacial score (nSPS) is 14.0. The Labute approximate surface area is 123 Å². The van der Waals surface area contributed by atoms with Crippen LogP contribution in [0.2, 0.25) is 0 Å². The first-order valence-electron chi connectivity index (χ1n) is 7.31. The molecule has 110 valence electrons. The van der Waals surface area contributed by atoms with Crippen LogP contribution in [0.15, 0.2) is 36.7 Å². The topological polar surface area (TPSA) is 56.1 Å². The molecule has 1 aromatic carbocycles. The largest absolute Gasteiger partial charge is 0.494 e. The van der Waals surface area contributed by atoms with E-state index in [9.17, 15) is 4.79 Å². The lowest BCUT2D eigenvalue weighted by Crippen LogP contribution is -2.11. The summed E-state index contributed by atoms with van der Waals surface area (Å²) in [5.74, 6) is 1.31. The third-order valence-corrected chi connectivity index (χ3v) is 3.44. The summed E-state index contributed by atoms with van der Waals surface area (Å²) in [5.41, 5.74) is 1.30. The van der Waals surface area contributed by atoms with Crippen molar-refractivity contribution in [1.29, 1.82) is 0 Å². The van der Waals surface area contributed by atoms with E-state index < -0.39 is 0 Å². The second-order valence-electron chi connectivity index (χ2n) is 5.31. The summed E-state index contributed by atoms with van der Waals surface area (Å²) in [6.45, 7) is 3.44. The maximum absolute atomic E-state index is 12.2. The van der Waals surface area contributed by atoms with E-state index in [1.165, 1.54) is 12.8 Å². The zero-order chi connectivity index (χ0) is 14.7. The molecule has 1 aliphatic rings. The van der Waals surface area contributed by atoms with Gasteiger partial charge in [-0.25, -0.2) is 0 Å². The van der Waals surface area contributed by atoms with Crippen molar-refractivity contribution in [2.75, 3.05) is 11.9 Å². The number of amides is 1. The van der Waals surface area contributed by atoms with Crippen LogP contribution in [0.5, 0.6) is 5.75 Å². The van der Waals surface area contributed by atoms with Crippen LogP contribution in [-0.4, -0.2) is 22.3 Å². The molecule has 0 atom stereocenters. The monoisotopic (exact) mass is 285 g/mol. The Kier molecular flexibility index (Phi) is 3.90. The van der Waals surface area contributed by atoms with Crippen molar-refractivity contribution in [2.45, 2.75) is 26.3 Å². The Balaban J connectivity index is 1.64. The van der Waals surface area contributed by atoms with Crippen LogP contribution < -0.4 is 10.1 Å². The van der Waals surface area contributed by atoms with Crippen LogP contribution in [0.25, 0.3) is 0 Å². The van der Waals surface area contributed by atoms with Crippen LogP contribution in [0, 0.1) is 5.92 Å². The van der Waals surface area contributed by atoms with Gasteiger partial charge in [-0.1, -0.05) is 6.07 Å². The molecule has 21 heavy (non-hydrogen) atoms. The van der Waals surface area contributed by atoms with Crippen LogP contribution in [0.1, 0.15) is 30.1 Å². The van der Waals surface area contributed by atoms with Gasteiger partial charge in [-0.15, -0.1) is 0 Å². The minimum atomic E-state index is -0.150. The maximum Gasteiger partial charge on any atom is 0.255 e. The molecule has 1 aromatic heterocycles. The van der Waals surface area contributed by atoms with Gasteiger partial charge in [0.25, 0.3) is 5.91 Å².